The molecule has 0 fully saturated rings. The van der Waals surface area contributed by atoms with E-state index in [1.54, 1.807) is 0 Å². The number of para-hydroxylation sites is 1. The van der Waals surface area contributed by atoms with E-state index in [2.05, 4.69) is 229 Å². The molecule has 0 bridgehead atoms. The molecule has 2 heteroatoms. The molecule has 0 atom stereocenters. The lowest BCUT2D eigenvalue weighted by molar-refractivity contribution is 0.669. The summed E-state index contributed by atoms with van der Waals surface area (Å²) in [7, 11) is 0. The SMILES string of the molecule is c1cc(-c2cccc3c2ccc2ccccc23)cc(N(c2ccc(-c3ccc(-c4cccc5ccccc45)cc3)cc2)c2ccc(-c3cccc4oc5ccccc5c34)cc2)c1. The molecule has 0 radical (unpaired) electrons. The molecule has 1 aromatic heterocycles. The molecule has 0 N–H and O–H groups in total. The molecule has 0 aliphatic carbocycles. The summed E-state index contributed by atoms with van der Waals surface area (Å²) in [5.74, 6) is 0. The molecule has 0 saturated carbocycles. The second-order valence-corrected chi connectivity index (χ2v) is 16.0. The second-order valence-electron chi connectivity index (χ2n) is 16.0. The van der Waals surface area contributed by atoms with Gasteiger partial charge in [-0.3, -0.25) is 0 Å². The van der Waals surface area contributed by atoms with Gasteiger partial charge in [0.05, 0.1) is 0 Å². The molecule has 62 heavy (non-hydrogen) atoms. The average molecular weight is 790 g/mol. The Hall–Kier alpha value is -8.20. The number of benzene rings is 11. The van der Waals surface area contributed by atoms with E-state index in [9.17, 15) is 0 Å². The van der Waals surface area contributed by atoms with E-state index < -0.39 is 0 Å². The fourth-order valence-corrected chi connectivity index (χ4v) is 9.48. The number of hydrogen-bond donors (Lipinski definition) is 0. The van der Waals surface area contributed by atoms with E-state index in [-0.39, 0.29) is 0 Å². The van der Waals surface area contributed by atoms with E-state index in [1.807, 2.05) is 12.1 Å². The molecule has 0 unspecified atom stereocenters. The normalized spacial score (nSPS) is 11.5. The van der Waals surface area contributed by atoms with E-state index >= 15 is 0 Å². The Morgan fingerprint density at radius 1 is 0.258 bits per heavy atom. The van der Waals surface area contributed by atoms with E-state index in [1.165, 1.54) is 65.7 Å². The van der Waals surface area contributed by atoms with Gasteiger partial charge in [0.2, 0.25) is 0 Å². The lowest BCUT2D eigenvalue weighted by atomic mass is 9.94. The standard InChI is InChI=1S/C60H39NO/c1-3-16-50-42(11-1)13-8-19-51(50)44-27-25-40(26-28-44)41-29-34-47(35-30-41)61(48-36-31-45(32-37-48)54-21-10-24-59-60(54)57-18-5-6-23-58(57)62-59)49-15-7-14-46(39-49)53-20-9-22-55-52-17-4-2-12-43(52)33-38-56(53)55/h1-39H. The first-order valence-electron chi connectivity index (χ1n) is 21.2. The van der Waals surface area contributed by atoms with Crippen molar-refractivity contribution in [2.45, 2.75) is 0 Å². The molecular formula is C60H39NO. The van der Waals surface area contributed by atoms with Crippen LogP contribution in [0.5, 0.6) is 0 Å². The zero-order valence-corrected chi connectivity index (χ0v) is 33.9. The summed E-state index contributed by atoms with van der Waals surface area (Å²) in [5, 5.41) is 9.83. The van der Waals surface area contributed by atoms with Gasteiger partial charge in [0.1, 0.15) is 11.2 Å². The van der Waals surface area contributed by atoms with Crippen molar-refractivity contribution in [3.8, 4) is 44.5 Å². The third kappa shape index (κ3) is 6.12. The highest BCUT2D eigenvalue weighted by molar-refractivity contribution is 6.13. The van der Waals surface area contributed by atoms with Crippen molar-refractivity contribution in [3.05, 3.63) is 237 Å². The van der Waals surface area contributed by atoms with Crippen LogP contribution < -0.4 is 4.90 Å². The van der Waals surface area contributed by atoms with Gasteiger partial charge in [-0.25, -0.2) is 0 Å². The summed E-state index contributed by atoms with van der Waals surface area (Å²) in [5.41, 5.74) is 14.6. The highest BCUT2D eigenvalue weighted by atomic mass is 16.3. The van der Waals surface area contributed by atoms with Crippen LogP contribution >= 0.6 is 0 Å². The summed E-state index contributed by atoms with van der Waals surface area (Å²) in [6.45, 7) is 0. The van der Waals surface area contributed by atoms with Gasteiger partial charge < -0.3 is 9.32 Å². The Morgan fingerprint density at radius 3 is 1.53 bits per heavy atom. The summed E-state index contributed by atoms with van der Waals surface area (Å²) >= 11 is 0. The molecule has 0 amide bonds. The van der Waals surface area contributed by atoms with Crippen LogP contribution in [0.3, 0.4) is 0 Å². The largest absolute Gasteiger partial charge is 0.456 e. The minimum Gasteiger partial charge on any atom is -0.456 e. The Balaban J connectivity index is 0.945. The molecule has 2 nitrogen and oxygen atoms in total. The van der Waals surface area contributed by atoms with Gasteiger partial charge in [0, 0.05) is 27.8 Å². The molecule has 12 rings (SSSR count). The van der Waals surface area contributed by atoms with Gasteiger partial charge in [-0.05, 0) is 125 Å². The average Bonchev–Trinajstić information content (AvgIpc) is 3.73. The molecule has 1 heterocycles. The Bertz CT molecular complexity index is 3610. The van der Waals surface area contributed by atoms with Gasteiger partial charge in [-0.15, -0.1) is 0 Å². The first-order chi connectivity index (χ1) is 30.7. The van der Waals surface area contributed by atoms with Crippen LogP contribution in [0.25, 0.3) is 98.8 Å². The van der Waals surface area contributed by atoms with E-state index in [0.29, 0.717) is 0 Å². The second kappa shape index (κ2) is 14.8. The van der Waals surface area contributed by atoms with Crippen LogP contribution in [0, 0.1) is 0 Å². The first-order valence-corrected chi connectivity index (χ1v) is 21.2. The minimum absolute atomic E-state index is 0.899. The van der Waals surface area contributed by atoms with Gasteiger partial charge in [-0.2, -0.15) is 0 Å². The zero-order chi connectivity index (χ0) is 41.0. The fraction of sp³-hybridized carbons (Fsp3) is 0. The molecule has 11 aromatic carbocycles. The first kappa shape index (κ1) is 35.7. The van der Waals surface area contributed by atoms with Gasteiger partial charge in [0.15, 0.2) is 0 Å². The maximum atomic E-state index is 6.26. The summed E-state index contributed by atoms with van der Waals surface area (Å²) < 4.78 is 6.26. The Morgan fingerprint density at radius 2 is 0.758 bits per heavy atom. The quantitative estimate of drug-likeness (QED) is 0.150. The molecule has 0 saturated heterocycles. The summed E-state index contributed by atoms with van der Waals surface area (Å²) in [6, 6.07) is 85.5. The molecule has 290 valence electrons. The highest BCUT2D eigenvalue weighted by Gasteiger charge is 2.17. The third-order valence-corrected chi connectivity index (χ3v) is 12.5. The van der Waals surface area contributed by atoms with Crippen LogP contribution in [0.2, 0.25) is 0 Å². The maximum Gasteiger partial charge on any atom is 0.136 e. The number of anilines is 3. The van der Waals surface area contributed by atoms with Crippen molar-refractivity contribution in [2.75, 3.05) is 4.90 Å². The van der Waals surface area contributed by atoms with Gasteiger partial charge >= 0.3 is 0 Å². The molecule has 0 aliphatic heterocycles. The van der Waals surface area contributed by atoms with Crippen LogP contribution in [0.4, 0.5) is 17.1 Å². The zero-order valence-electron chi connectivity index (χ0n) is 33.9. The summed E-state index contributed by atoms with van der Waals surface area (Å²) in [4.78, 5) is 2.37. The highest BCUT2D eigenvalue weighted by Crippen LogP contribution is 2.42. The number of hydrogen-bond acceptors (Lipinski definition) is 2. The van der Waals surface area contributed by atoms with Crippen LogP contribution in [0.1, 0.15) is 0 Å². The Kier molecular flexibility index (Phi) is 8.53. The topological polar surface area (TPSA) is 16.4 Å². The van der Waals surface area contributed by atoms with Crippen molar-refractivity contribution in [1.29, 1.82) is 0 Å². The predicted molar refractivity (Wildman–Crippen MR) is 263 cm³/mol. The summed E-state index contributed by atoms with van der Waals surface area (Å²) in [6.07, 6.45) is 0. The predicted octanol–water partition coefficient (Wildman–Crippen LogP) is 17.2. The van der Waals surface area contributed by atoms with Crippen LogP contribution in [0.15, 0.2) is 241 Å². The number of rotatable bonds is 7. The molecule has 12 aromatic rings. The molecule has 0 spiro atoms. The van der Waals surface area contributed by atoms with Crippen molar-refractivity contribution in [2.24, 2.45) is 0 Å². The Labute approximate surface area is 360 Å². The van der Waals surface area contributed by atoms with Crippen molar-refractivity contribution in [3.63, 3.8) is 0 Å². The van der Waals surface area contributed by atoms with Crippen molar-refractivity contribution in [1.82, 2.24) is 0 Å². The fourth-order valence-electron chi connectivity index (χ4n) is 9.48. The smallest absolute Gasteiger partial charge is 0.136 e. The molecule has 0 aliphatic rings. The van der Waals surface area contributed by atoms with Crippen molar-refractivity contribution < 1.29 is 4.42 Å². The van der Waals surface area contributed by atoms with E-state index in [4.69, 9.17) is 4.42 Å². The van der Waals surface area contributed by atoms with Gasteiger partial charge in [0.25, 0.3) is 0 Å². The lowest BCUT2D eigenvalue weighted by Crippen LogP contribution is -2.10. The number of nitrogens with zero attached hydrogens (tertiary/aromatic N) is 1. The number of fused-ring (bicyclic) bond motifs is 7. The van der Waals surface area contributed by atoms with Crippen LogP contribution in [-0.2, 0) is 0 Å². The monoisotopic (exact) mass is 789 g/mol. The van der Waals surface area contributed by atoms with Crippen LogP contribution in [-0.4, -0.2) is 0 Å². The van der Waals surface area contributed by atoms with Gasteiger partial charge in [-0.1, -0.05) is 188 Å². The molecular weight excluding hydrogens is 751 g/mol. The maximum absolute atomic E-state index is 6.26. The lowest BCUT2D eigenvalue weighted by Gasteiger charge is -2.26. The van der Waals surface area contributed by atoms with E-state index in [0.717, 1.165) is 50.1 Å². The van der Waals surface area contributed by atoms with Crippen molar-refractivity contribution >= 4 is 71.3 Å². The minimum atomic E-state index is 0.899. The third-order valence-electron chi connectivity index (χ3n) is 12.5. The number of furan rings is 1.